The second-order valence-corrected chi connectivity index (χ2v) is 3.65. The lowest BCUT2D eigenvalue weighted by molar-refractivity contribution is -0.134. The minimum atomic E-state index is -1.24. The number of benzene rings is 1. The minimum Gasteiger partial charge on any atom is -0.497 e. The van der Waals surface area contributed by atoms with Gasteiger partial charge in [0, 0.05) is 12.5 Å². The van der Waals surface area contributed by atoms with E-state index in [1.807, 2.05) is 0 Å². The Kier molecular flexibility index (Phi) is 4.93. The number of carboxylic acids is 1. The van der Waals surface area contributed by atoms with Gasteiger partial charge in [0.25, 0.3) is 0 Å². The first-order valence-electron chi connectivity index (χ1n) is 5.42. The van der Waals surface area contributed by atoms with E-state index in [2.05, 4.69) is 5.32 Å². The van der Waals surface area contributed by atoms with Crippen LogP contribution >= 0.6 is 0 Å². The normalized spacial score (nSPS) is 10.8. The number of ether oxygens (including phenoxy) is 2. The van der Waals surface area contributed by atoms with Crippen LogP contribution in [-0.2, 0) is 9.59 Å². The summed E-state index contributed by atoms with van der Waals surface area (Å²) < 4.78 is 10.2. The zero-order valence-electron chi connectivity index (χ0n) is 10.9. The molecule has 102 valence electrons. The largest absolute Gasteiger partial charge is 0.497 e. The lowest BCUT2D eigenvalue weighted by Gasteiger charge is -2.09. The molecule has 0 bridgehead atoms. The summed E-state index contributed by atoms with van der Waals surface area (Å²) in [5.74, 6) is -0.667. The zero-order valence-corrected chi connectivity index (χ0v) is 10.9. The smallest absolute Gasteiger partial charge is 0.352 e. The lowest BCUT2D eigenvalue weighted by Crippen LogP contribution is -2.24. The number of carbonyl (C=O) groups excluding carboxylic acids is 1. The van der Waals surface area contributed by atoms with Crippen LogP contribution in [0.2, 0.25) is 0 Å². The molecule has 0 saturated heterocycles. The summed E-state index contributed by atoms with van der Waals surface area (Å²) in [6.45, 7) is 1.24. The van der Waals surface area contributed by atoms with Gasteiger partial charge in [-0.15, -0.1) is 0 Å². The first-order chi connectivity index (χ1) is 8.97. The molecule has 19 heavy (non-hydrogen) atoms. The fourth-order valence-corrected chi connectivity index (χ4v) is 1.45. The summed E-state index contributed by atoms with van der Waals surface area (Å²) in [6.07, 6.45) is 1.31. The molecule has 1 aromatic carbocycles. The maximum absolute atomic E-state index is 11.0. The molecule has 0 unspecified atom stereocenters. The standard InChI is InChI=1S/C13H15NO5/c1-8(15)14-11(13(16)17)7-9-6-10(18-2)4-5-12(9)19-3/h4-7H,1-3H3,(H,14,15)(H,16,17)/b11-7-. The van der Waals surface area contributed by atoms with Crippen LogP contribution in [0, 0.1) is 0 Å². The van der Waals surface area contributed by atoms with E-state index in [1.165, 1.54) is 27.2 Å². The number of rotatable bonds is 5. The average Bonchev–Trinajstić information content (AvgIpc) is 2.37. The first-order valence-corrected chi connectivity index (χ1v) is 5.42. The van der Waals surface area contributed by atoms with Crippen molar-refractivity contribution >= 4 is 18.0 Å². The highest BCUT2D eigenvalue weighted by Crippen LogP contribution is 2.25. The number of carbonyl (C=O) groups is 2. The summed E-state index contributed by atoms with van der Waals surface area (Å²) in [6, 6.07) is 4.95. The number of hydrogen-bond donors (Lipinski definition) is 2. The third-order valence-electron chi connectivity index (χ3n) is 2.28. The van der Waals surface area contributed by atoms with Crippen molar-refractivity contribution in [3.8, 4) is 11.5 Å². The van der Waals surface area contributed by atoms with Crippen molar-refractivity contribution in [2.75, 3.05) is 14.2 Å². The number of hydrogen-bond acceptors (Lipinski definition) is 4. The highest BCUT2D eigenvalue weighted by atomic mass is 16.5. The molecule has 0 spiro atoms. The molecule has 1 amide bonds. The molecular formula is C13H15NO5. The second kappa shape index (κ2) is 6.44. The van der Waals surface area contributed by atoms with Crippen molar-refractivity contribution in [3.05, 3.63) is 29.5 Å². The van der Waals surface area contributed by atoms with Gasteiger partial charge in [-0.05, 0) is 24.3 Å². The van der Waals surface area contributed by atoms with E-state index >= 15 is 0 Å². The quantitative estimate of drug-likeness (QED) is 0.783. The fraction of sp³-hybridized carbons (Fsp3) is 0.231. The van der Waals surface area contributed by atoms with Crippen LogP contribution in [0.4, 0.5) is 0 Å². The molecule has 1 aromatic rings. The van der Waals surface area contributed by atoms with Gasteiger partial charge in [-0.25, -0.2) is 4.79 Å². The van der Waals surface area contributed by atoms with E-state index < -0.39 is 11.9 Å². The monoisotopic (exact) mass is 265 g/mol. The Bertz CT molecular complexity index is 522. The van der Waals surface area contributed by atoms with Crippen LogP contribution in [-0.4, -0.2) is 31.2 Å². The van der Waals surface area contributed by atoms with Gasteiger partial charge in [-0.2, -0.15) is 0 Å². The molecule has 2 N–H and O–H groups in total. The van der Waals surface area contributed by atoms with E-state index in [0.717, 1.165) is 0 Å². The number of nitrogens with one attached hydrogen (secondary N) is 1. The Hall–Kier alpha value is -2.50. The Balaban J connectivity index is 3.24. The number of amides is 1. The van der Waals surface area contributed by atoms with Gasteiger partial charge in [0.1, 0.15) is 17.2 Å². The third kappa shape index (κ3) is 4.02. The van der Waals surface area contributed by atoms with Crippen molar-refractivity contribution in [2.24, 2.45) is 0 Å². The van der Waals surface area contributed by atoms with Crippen molar-refractivity contribution in [1.29, 1.82) is 0 Å². The van der Waals surface area contributed by atoms with Gasteiger partial charge in [0.05, 0.1) is 14.2 Å². The molecule has 0 aromatic heterocycles. The number of carboxylic acid groups (broad SMARTS) is 1. The van der Waals surface area contributed by atoms with Gasteiger partial charge >= 0.3 is 5.97 Å². The minimum absolute atomic E-state index is 0.237. The van der Waals surface area contributed by atoms with Crippen molar-refractivity contribution in [1.82, 2.24) is 5.32 Å². The highest BCUT2D eigenvalue weighted by molar-refractivity contribution is 5.96. The second-order valence-electron chi connectivity index (χ2n) is 3.65. The molecule has 0 saturated carbocycles. The van der Waals surface area contributed by atoms with Crippen LogP contribution in [0.3, 0.4) is 0 Å². The summed E-state index contributed by atoms with van der Waals surface area (Å²) in [7, 11) is 2.97. The Labute approximate surface area is 110 Å². The molecular weight excluding hydrogens is 250 g/mol. The molecule has 1 rings (SSSR count). The van der Waals surface area contributed by atoms with Crippen molar-refractivity contribution in [2.45, 2.75) is 6.92 Å². The van der Waals surface area contributed by atoms with Crippen LogP contribution in [0.1, 0.15) is 12.5 Å². The van der Waals surface area contributed by atoms with Gasteiger partial charge in [-0.3, -0.25) is 4.79 Å². The molecule has 6 heteroatoms. The lowest BCUT2D eigenvalue weighted by atomic mass is 10.1. The molecule has 6 nitrogen and oxygen atoms in total. The number of methoxy groups -OCH3 is 2. The van der Waals surface area contributed by atoms with E-state index in [-0.39, 0.29) is 5.70 Å². The van der Waals surface area contributed by atoms with Crippen LogP contribution in [0.15, 0.2) is 23.9 Å². The molecule has 0 heterocycles. The zero-order chi connectivity index (χ0) is 14.4. The fourth-order valence-electron chi connectivity index (χ4n) is 1.45. The predicted molar refractivity (Wildman–Crippen MR) is 69.0 cm³/mol. The topological polar surface area (TPSA) is 84.9 Å². The molecule has 0 fully saturated rings. The maximum Gasteiger partial charge on any atom is 0.352 e. The summed E-state index contributed by atoms with van der Waals surface area (Å²) in [5, 5.41) is 11.3. The third-order valence-corrected chi connectivity index (χ3v) is 2.28. The maximum atomic E-state index is 11.0. The van der Waals surface area contributed by atoms with E-state index in [9.17, 15) is 9.59 Å². The number of aliphatic carboxylic acids is 1. The van der Waals surface area contributed by atoms with Crippen molar-refractivity contribution < 1.29 is 24.2 Å². The summed E-state index contributed by atoms with van der Waals surface area (Å²) in [5.41, 5.74) is 0.257. The Morgan fingerprint density at radius 1 is 1.26 bits per heavy atom. The summed E-state index contributed by atoms with van der Waals surface area (Å²) in [4.78, 5) is 22.0. The first kappa shape index (κ1) is 14.6. The average molecular weight is 265 g/mol. The van der Waals surface area contributed by atoms with Crippen LogP contribution in [0.25, 0.3) is 6.08 Å². The van der Waals surface area contributed by atoms with E-state index in [4.69, 9.17) is 14.6 Å². The van der Waals surface area contributed by atoms with Crippen LogP contribution in [0.5, 0.6) is 11.5 Å². The molecule has 0 aliphatic heterocycles. The molecule has 0 aliphatic rings. The predicted octanol–water partition coefficient (Wildman–Crippen LogP) is 1.27. The van der Waals surface area contributed by atoms with Gasteiger partial charge in [0.15, 0.2) is 0 Å². The van der Waals surface area contributed by atoms with E-state index in [1.54, 1.807) is 18.2 Å². The molecule has 0 atom stereocenters. The van der Waals surface area contributed by atoms with E-state index in [0.29, 0.717) is 17.1 Å². The highest BCUT2D eigenvalue weighted by Gasteiger charge is 2.11. The Morgan fingerprint density at radius 2 is 1.95 bits per heavy atom. The van der Waals surface area contributed by atoms with Crippen molar-refractivity contribution in [3.63, 3.8) is 0 Å². The van der Waals surface area contributed by atoms with Crippen LogP contribution < -0.4 is 14.8 Å². The summed E-state index contributed by atoms with van der Waals surface area (Å²) >= 11 is 0. The molecule has 0 radical (unpaired) electrons. The van der Waals surface area contributed by atoms with Gasteiger partial charge in [0.2, 0.25) is 5.91 Å². The Morgan fingerprint density at radius 3 is 2.42 bits per heavy atom. The van der Waals surface area contributed by atoms with Gasteiger partial charge in [-0.1, -0.05) is 0 Å². The van der Waals surface area contributed by atoms with Gasteiger partial charge < -0.3 is 19.9 Å². The SMILES string of the molecule is COc1ccc(OC)c(/C=C(\NC(C)=O)C(=O)O)c1. The molecule has 0 aliphatic carbocycles.